The number of rotatable bonds is 5. The van der Waals surface area contributed by atoms with Crippen molar-refractivity contribution in [1.29, 1.82) is 0 Å². The van der Waals surface area contributed by atoms with E-state index in [-0.39, 0.29) is 11.5 Å². The van der Waals surface area contributed by atoms with Gasteiger partial charge < -0.3 is 4.74 Å². The highest BCUT2D eigenvalue weighted by atomic mass is 19.1. The van der Waals surface area contributed by atoms with E-state index in [9.17, 15) is 9.18 Å². The van der Waals surface area contributed by atoms with Crippen LogP contribution in [0.3, 0.4) is 0 Å². The third kappa shape index (κ3) is 2.92. The third-order valence-electron chi connectivity index (χ3n) is 2.38. The van der Waals surface area contributed by atoms with Crippen molar-refractivity contribution in [3.8, 4) is 5.75 Å². The van der Waals surface area contributed by atoms with E-state index >= 15 is 0 Å². The highest BCUT2D eigenvalue weighted by Crippen LogP contribution is 2.20. The summed E-state index contributed by atoms with van der Waals surface area (Å²) < 4.78 is 17.9. The molecule has 0 fully saturated rings. The molecule has 0 radical (unpaired) electrons. The van der Waals surface area contributed by atoms with E-state index in [4.69, 9.17) is 4.74 Å². The molecule has 0 aliphatic heterocycles. The maximum atomic E-state index is 13.1. The minimum Gasteiger partial charge on any atom is -0.494 e. The van der Waals surface area contributed by atoms with Crippen LogP contribution in [0.5, 0.6) is 5.75 Å². The van der Waals surface area contributed by atoms with Crippen LogP contribution in [0.25, 0.3) is 0 Å². The minimum atomic E-state index is -0.464. The lowest BCUT2D eigenvalue weighted by molar-refractivity contribution is 0.0992. The summed E-state index contributed by atoms with van der Waals surface area (Å²) in [6.07, 6.45) is 1.06. The Morgan fingerprint density at radius 1 is 1.50 bits per heavy atom. The Labute approximate surface area is 94.7 Å². The molecule has 0 amide bonds. The van der Waals surface area contributed by atoms with Crippen molar-refractivity contribution in [3.05, 3.63) is 41.7 Å². The number of methoxy groups -OCH3 is 1. The predicted molar refractivity (Wildman–Crippen MR) is 61.3 cm³/mol. The lowest BCUT2D eigenvalue weighted by Gasteiger charge is -2.05. The molecule has 3 heteroatoms. The molecule has 2 nitrogen and oxygen atoms in total. The molecule has 16 heavy (non-hydrogen) atoms. The molecule has 0 atom stereocenters. The molecule has 86 valence electrons. The number of benzene rings is 1. The number of hydrogen-bond acceptors (Lipinski definition) is 2. The maximum absolute atomic E-state index is 13.1. The fraction of sp³-hybridized carbons (Fsp3) is 0.308. The molecule has 0 aromatic heterocycles. The number of ketones is 1. The number of ether oxygens (including phenoxy) is 1. The zero-order valence-corrected chi connectivity index (χ0v) is 9.55. The minimum absolute atomic E-state index is 0.0647. The van der Waals surface area contributed by atoms with Gasteiger partial charge in [-0.15, -0.1) is 0 Å². The van der Waals surface area contributed by atoms with Gasteiger partial charge in [-0.05, 0) is 24.6 Å². The third-order valence-corrected chi connectivity index (χ3v) is 2.38. The van der Waals surface area contributed by atoms with Crippen LogP contribution >= 0.6 is 0 Å². The first-order valence-corrected chi connectivity index (χ1v) is 5.11. The Balaban J connectivity index is 2.88. The molecular formula is C13H15FO2. The Morgan fingerprint density at radius 3 is 2.75 bits per heavy atom. The molecule has 0 saturated heterocycles. The molecule has 0 aliphatic carbocycles. The first-order chi connectivity index (χ1) is 7.58. The SMILES string of the molecule is C=C(CC)CC(=O)c1ccc(F)c(OC)c1. The quantitative estimate of drug-likeness (QED) is 0.564. The van der Waals surface area contributed by atoms with E-state index in [1.165, 1.54) is 25.3 Å². The summed E-state index contributed by atoms with van der Waals surface area (Å²) in [6.45, 7) is 5.72. The summed E-state index contributed by atoms with van der Waals surface area (Å²) in [7, 11) is 1.37. The van der Waals surface area contributed by atoms with E-state index in [0.29, 0.717) is 12.0 Å². The second kappa shape index (κ2) is 5.45. The van der Waals surface area contributed by atoms with E-state index in [2.05, 4.69) is 6.58 Å². The second-order valence-electron chi connectivity index (χ2n) is 3.55. The summed E-state index contributed by atoms with van der Waals surface area (Å²) in [6, 6.07) is 4.12. The van der Waals surface area contributed by atoms with E-state index in [1.54, 1.807) is 0 Å². The van der Waals surface area contributed by atoms with Crippen LogP contribution in [0.1, 0.15) is 30.1 Å². The maximum Gasteiger partial charge on any atom is 0.167 e. The van der Waals surface area contributed by atoms with E-state index < -0.39 is 5.82 Å². The van der Waals surface area contributed by atoms with Gasteiger partial charge in [0.15, 0.2) is 17.3 Å². The number of carbonyl (C=O) groups excluding carboxylic acids is 1. The standard InChI is InChI=1S/C13H15FO2/c1-4-9(2)7-12(15)10-5-6-11(14)13(8-10)16-3/h5-6,8H,2,4,7H2,1,3H3. The van der Waals surface area contributed by atoms with Gasteiger partial charge in [0.1, 0.15) is 0 Å². The molecule has 1 aromatic rings. The molecule has 0 spiro atoms. The van der Waals surface area contributed by atoms with Crippen LogP contribution < -0.4 is 4.74 Å². The van der Waals surface area contributed by atoms with E-state index in [0.717, 1.165) is 12.0 Å². The summed E-state index contributed by atoms with van der Waals surface area (Å²) >= 11 is 0. The fourth-order valence-electron chi connectivity index (χ4n) is 1.29. The second-order valence-corrected chi connectivity index (χ2v) is 3.55. The lowest BCUT2D eigenvalue weighted by Crippen LogP contribution is -2.01. The molecule has 1 aromatic carbocycles. The van der Waals surface area contributed by atoms with Gasteiger partial charge in [-0.1, -0.05) is 19.1 Å². The van der Waals surface area contributed by atoms with Crippen molar-refractivity contribution in [2.45, 2.75) is 19.8 Å². The smallest absolute Gasteiger partial charge is 0.167 e. The Morgan fingerprint density at radius 2 is 2.19 bits per heavy atom. The van der Waals surface area contributed by atoms with E-state index in [1.807, 2.05) is 6.92 Å². The summed E-state index contributed by atoms with van der Waals surface area (Å²) in [4.78, 5) is 11.8. The van der Waals surface area contributed by atoms with Crippen molar-refractivity contribution >= 4 is 5.78 Å². The van der Waals surface area contributed by atoms with Crippen molar-refractivity contribution in [2.24, 2.45) is 0 Å². The van der Waals surface area contributed by atoms with Gasteiger partial charge in [-0.3, -0.25) is 4.79 Å². The molecule has 0 aliphatic rings. The Bertz CT molecular complexity index is 410. The van der Waals surface area contributed by atoms with Gasteiger partial charge >= 0.3 is 0 Å². The summed E-state index contributed by atoms with van der Waals surface area (Å²) in [5.74, 6) is -0.438. The molecule has 0 heterocycles. The average molecular weight is 222 g/mol. The Hall–Kier alpha value is -1.64. The van der Waals surface area contributed by atoms with Crippen LogP contribution in [0.4, 0.5) is 4.39 Å². The van der Waals surface area contributed by atoms with Crippen LogP contribution in [0.15, 0.2) is 30.4 Å². The fourth-order valence-corrected chi connectivity index (χ4v) is 1.29. The van der Waals surface area contributed by atoms with Crippen LogP contribution in [0, 0.1) is 5.82 Å². The molecule has 0 unspecified atom stereocenters. The molecule has 0 saturated carbocycles. The largest absolute Gasteiger partial charge is 0.494 e. The molecule has 1 rings (SSSR count). The van der Waals surface area contributed by atoms with Crippen LogP contribution in [-0.2, 0) is 0 Å². The number of halogens is 1. The zero-order valence-electron chi connectivity index (χ0n) is 9.55. The van der Waals surface area contributed by atoms with Gasteiger partial charge in [0, 0.05) is 12.0 Å². The zero-order chi connectivity index (χ0) is 12.1. The average Bonchev–Trinajstić information content (AvgIpc) is 2.29. The highest BCUT2D eigenvalue weighted by Gasteiger charge is 2.10. The number of allylic oxidation sites excluding steroid dienone is 1. The highest BCUT2D eigenvalue weighted by molar-refractivity contribution is 5.97. The molecule has 0 N–H and O–H groups in total. The lowest BCUT2D eigenvalue weighted by atomic mass is 10.0. The predicted octanol–water partition coefficient (Wildman–Crippen LogP) is 3.37. The first-order valence-electron chi connectivity index (χ1n) is 5.11. The van der Waals surface area contributed by atoms with Crippen molar-refractivity contribution in [1.82, 2.24) is 0 Å². The van der Waals surface area contributed by atoms with Gasteiger partial charge in [0.2, 0.25) is 0 Å². The van der Waals surface area contributed by atoms with Crippen molar-refractivity contribution in [3.63, 3.8) is 0 Å². The Kier molecular flexibility index (Phi) is 4.23. The van der Waals surface area contributed by atoms with Gasteiger partial charge in [0.25, 0.3) is 0 Å². The van der Waals surface area contributed by atoms with Gasteiger partial charge in [-0.25, -0.2) is 4.39 Å². The summed E-state index contributed by atoms with van der Waals surface area (Å²) in [5, 5.41) is 0. The first kappa shape index (κ1) is 12.4. The van der Waals surface area contributed by atoms with Crippen LogP contribution in [0.2, 0.25) is 0 Å². The number of Topliss-reactive ketones (excluding diaryl/α,β-unsaturated/α-hetero) is 1. The number of carbonyl (C=O) groups is 1. The van der Waals surface area contributed by atoms with Crippen molar-refractivity contribution in [2.75, 3.05) is 7.11 Å². The summed E-state index contributed by atoms with van der Waals surface area (Å²) in [5.41, 5.74) is 1.32. The normalized spacial score (nSPS) is 9.94. The number of hydrogen-bond donors (Lipinski definition) is 0. The van der Waals surface area contributed by atoms with Crippen molar-refractivity contribution < 1.29 is 13.9 Å². The molecule has 0 bridgehead atoms. The van der Waals surface area contributed by atoms with Gasteiger partial charge in [0.05, 0.1) is 7.11 Å². The molecular weight excluding hydrogens is 207 g/mol. The monoisotopic (exact) mass is 222 g/mol. The van der Waals surface area contributed by atoms with Gasteiger partial charge in [-0.2, -0.15) is 0 Å². The topological polar surface area (TPSA) is 26.3 Å². The van der Waals surface area contributed by atoms with Crippen LogP contribution in [-0.4, -0.2) is 12.9 Å².